The van der Waals surface area contributed by atoms with Crippen LogP contribution in [-0.2, 0) is 19.5 Å². The number of imidazole rings is 1. The summed E-state index contributed by atoms with van der Waals surface area (Å²) in [5.74, 6) is 3.78. The molecule has 8 nitrogen and oxygen atoms in total. The molecule has 4 aliphatic rings. The summed E-state index contributed by atoms with van der Waals surface area (Å²) < 4.78 is 11.9. The topological polar surface area (TPSA) is 82.9 Å². The van der Waals surface area contributed by atoms with Gasteiger partial charge in [0.1, 0.15) is 11.6 Å². The Morgan fingerprint density at radius 3 is 2.83 bits per heavy atom. The SMILES string of the molecule is CCCc1cc(Cl)ccc1C1COc2ccc3cc2N(C1)CC1CCC1C(CN1CCn2ccnc2C1)CCCC(O)C(C)SNC3=O. The molecule has 6 unspecified atom stereocenters. The summed E-state index contributed by atoms with van der Waals surface area (Å²) in [6.07, 6.45) is 10.9. The lowest BCUT2D eigenvalue weighted by molar-refractivity contribution is 0.0587. The van der Waals surface area contributed by atoms with Gasteiger partial charge in [-0.25, -0.2) is 4.98 Å². The first-order valence-corrected chi connectivity index (χ1v) is 19.3. The van der Waals surface area contributed by atoms with E-state index in [0.29, 0.717) is 29.9 Å². The minimum absolute atomic E-state index is 0.101. The number of ether oxygens (including phenoxy) is 1. The number of hydrogen-bond donors (Lipinski definition) is 2. The molecule has 1 aromatic heterocycles. The molecule has 0 saturated heterocycles. The van der Waals surface area contributed by atoms with Crippen LogP contribution in [0.4, 0.5) is 5.69 Å². The van der Waals surface area contributed by atoms with Crippen LogP contribution < -0.4 is 14.4 Å². The summed E-state index contributed by atoms with van der Waals surface area (Å²) in [6.45, 7) is 10.6. The highest BCUT2D eigenvalue weighted by molar-refractivity contribution is 7.98. The fourth-order valence-corrected chi connectivity index (χ4v) is 9.34. The Hall–Kier alpha value is -2.72. The van der Waals surface area contributed by atoms with E-state index < -0.39 is 6.10 Å². The third-order valence-electron chi connectivity index (χ3n) is 11.3. The second-order valence-corrected chi connectivity index (χ2v) is 16.1. The van der Waals surface area contributed by atoms with E-state index in [1.165, 1.54) is 35.9 Å². The summed E-state index contributed by atoms with van der Waals surface area (Å²) in [7, 11) is 0. The highest BCUT2D eigenvalue weighted by Gasteiger charge is 2.40. The number of carbonyl (C=O) groups is 1. The number of aliphatic hydroxyl groups is 1. The van der Waals surface area contributed by atoms with E-state index in [9.17, 15) is 9.90 Å². The van der Waals surface area contributed by atoms with Crippen molar-refractivity contribution in [2.45, 2.75) is 89.2 Å². The van der Waals surface area contributed by atoms with E-state index in [-0.39, 0.29) is 17.1 Å². The lowest BCUT2D eigenvalue weighted by atomic mass is 9.65. The van der Waals surface area contributed by atoms with E-state index in [4.69, 9.17) is 16.3 Å². The molecule has 0 spiro atoms. The molecule has 1 amide bonds. The number of aromatic nitrogens is 2. The molecule has 2 N–H and O–H groups in total. The molecule has 48 heavy (non-hydrogen) atoms. The fourth-order valence-electron chi connectivity index (χ4n) is 8.44. The van der Waals surface area contributed by atoms with Crippen molar-refractivity contribution in [2.75, 3.05) is 37.7 Å². The monoisotopic (exact) mass is 691 g/mol. The maximum Gasteiger partial charge on any atom is 0.261 e. The highest BCUT2D eigenvalue weighted by atomic mass is 35.5. The molecule has 258 valence electrons. The molecule has 2 bridgehead atoms. The van der Waals surface area contributed by atoms with Crippen molar-refractivity contribution >= 4 is 35.1 Å². The zero-order valence-electron chi connectivity index (χ0n) is 28.3. The summed E-state index contributed by atoms with van der Waals surface area (Å²) in [6, 6.07) is 12.2. The number of carbonyl (C=O) groups excluding carboxylic acids is 1. The van der Waals surface area contributed by atoms with Gasteiger partial charge in [0.05, 0.1) is 24.9 Å². The third kappa shape index (κ3) is 7.40. The van der Waals surface area contributed by atoms with Crippen molar-refractivity contribution in [3.05, 3.63) is 76.3 Å². The second-order valence-electron chi connectivity index (χ2n) is 14.5. The number of aliphatic hydroxyl groups excluding tert-OH is 1. The lowest BCUT2D eigenvalue weighted by Crippen LogP contribution is -2.46. The molecule has 1 saturated carbocycles. The summed E-state index contributed by atoms with van der Waals surface area (Å²) in [4.78, 5) is 23.2. The Labute approximate surface area is 294 Å². The number of hydrogen-bond acceptors (Lipinski definition) is 7. The average Bonchev–Trinajstić information content (AvgIpc) is 3.46. The number of nitrogens with zero attached hydrogens (tertiary/aromatic N) is 4. The van der Waals surface area contributed by atoms with Crippen LogP contribution >= 0.6 is 23.5 Å². The molecule has 7 rings (SSSR count). The van der Waals surface area contributed by atoms with Gasteiger partial charge in [0.25, 0.3) is 5.91 Å². The van der Waals surface area contributed by atoms with Crippen LogP contribution in [-0.4, -0.2) is 69.6 Å². The van der Waals surface area contributed by atoms with Gasteiger partial charge in [-0.3, -0.25) is 14.4 Å². The van der Waals surface area contributed by atoms with Crippen LogP contribution in [0, 0.1) is 17.8 Å². The number of amides is 1. The zero-order chi connectivity index (χ0) is 33.2. The van der Waals surface area contributed by atoms with Gasteiger partial charge in [-0.1, -0.05) is 37.4 Å². The Bertz CT molecular complexity index is 1580. The molecule has 4 heterocycles. The van der Waals surface area contributed by atoms with E-state index >= 15 is 0 Å². The average molecular weight is 692 g/mol. The smallest absolute Gasteiger partial charge is 0.261 e. The van der Waals surface area contributed by atoms with Crippen molar-refractivity contribution in [2.24, 2.45) is 17.8 Å². The third-order valence-corrected chi connectivity index (χ3v) is 12.5. The molecule has 10 heteroatoms. The number of fused-ring (bicyclic) bond motifs is 3. The molecule has 1 aliphatic carbocycles. The minimum Gasteiger partial charge on any atom is -0.491 e. The molecular weight excluding hydrogens is 642 g/mol. The Kier molecular flexibility index (Phi) is 10.6. The minimum atomic E-state index is -0.471. The number of rotatable bonds is 5. The number of halogens is 1. The number of anilines is 1. The molecule has 3 aliphatic heterocycles. The van der Waals surface area contributed by atoms with Crippen molar-refractivity contribution in [3.63, 3.8) is 0 Å². The Morgan fingerprint density at radius 1 is 1.10 bits per heavy atom. The van der Waals surface area contributed by atoms with Gasteiger partial charge >= 0.3 is 0 Å². The Morgan fingerprint density at radius 2 is 2.00 bits per heavy atom. The van der Waals surface area contributed by atoms with Crippen molar-refractivity contribution < 1.29 is 14.6 Å². The van der Waals surface area contributed by atoms with E-state index in [1.54, 1.807) is 0 Å². The van der Waals surface area contributed by atoms with Gasteiger partial charge in [0.15, 0.2) is 0 Å². The predicted octanol–water partition coefficient (Wildman–Crippen LogP) is 6.94. The molecule has 3 aromatic rings. The van der Waals surface area contributed by atoms with Gasteiger partial charge < -0.3 is 19.3 Å². The Balaban J connectivity index is 1.20. The van der Waals surface area contributed by atoms with E-state index in [1.807, 2.05) is 37.4 Å². The molecule has 2 aromatic carbocycles. The highest BCUT2D eigenvalue weighted by Crippen LogP contribution is 2.45. The summed E-state index contributed by atoms with van der Waals surface area (Å²) in [5.41, 5.74) is 4.24. The van der Waals surface area contributed by atoms with Crippen molar-refractivity contribution in [1.82, 2.24) is 19.2 Å². The molecule has 1 fully saturated rings. The van der Waals surface area contributed by atoms with Crippen LogP contribution in [0.5, 0.6) is 5.75 Å². The zero-order valence-corrected chi connectivity index (χ0v) is 29.9. The number of benzene rings is 2. The lowest BCUT2D eigenvalue weighted by Gasteiger charge is -2.46. The standard InChI is InChI=1S/C38H50ClN5O3S/c1-3-5-26-18-31(39)10-12-32(26)30-22-44-21-29-8-11-33(29)28(20-42-16-17-43-15-14-40-37(43)23-42)6-4-7-35(45)25(2)48-41-38(46)27-9-13-36(47-24-30)34(44)19-27/h9-10,12-15,18-19,25,28-30,33,35,45H,3-8,11,16-17,20-24H2,1-2H3,(H,41,46). The maximum absolute atomic E-state index is 13.4. The number of aryl methyl sites for hydroxylation is 1. The van der Waals surface area contributed by atoms with Gasteiger partial charge in [-0.05, 0) is 110 Å². The summed E-state index contributed by atoms with van der Waals surface area (Å²) >= 11 is 7.81. The van der Waals surface area contributed by atoms with Gasteiger partial charge in [0, 0.05) is 66.9 Å². The van der Waals surface area contributed by atoms with Crippen molar-refractivity contribution in [1.29, 1.82) is 0 Å². The van der Waals surface area contributed by atoms with Crippen LogP contribution in [0.1, 0.15) is 85.6 Å². The molecule has 6 atom stereocenters. The largest absolute Gasteiger partial charge is 0.491 e. The normalized spacial score (nSPS) is 28.3. The fraction of sp³-hybridized carbons (Fsp3) is 0.579. The second kappa shape index (κ2) is 15.0. The summed E-state index contributed by atoms with van der Waals surface area (Å²) in [5, 5.41) is 11.7. The quantitative estimate of drug-likeness (QED) is 0.281. The van der Waals surface area contributed by atoms with E-state index in [2.05, 4.69) is 49.3 Å². The first-order chi connectivity index (χ1) is 23.4. The van der Waals surface area contributed by atoms with Crippen LogP contribution in [0.15, 0.2) is 48.8 Å². The van der Waals surface area contributed by atoms with Crippen LogP contribution in [0.2, 0.25) is 5.02 Å². The number of nitrogens with one attached hydrogen (secondary N) is 1. The molecule has 0 radical (unpaired) electrons. The van der Waals surface area contributed by atoms with Gasteiger partial charge in [-0.15, -0.1) is 0 Å². The predicted molar refractivity (Wildman–Crippen MR) is 194 cm³/mol. The molecular formula is C38H50ClN5O3S. The van der Waals surface area contributed by atoms with Gasteiger partial charge in [-0.2, -0.15) is 0 Å². The van der Waals surface area contributed by atoms with Crippen LogP contribution in [0.3, 0.4) is 0 Å². The van der Waals surface area contributed by atoms with Crippen molar-refractivity contribution in [3.8, 4) is 5.75 Å². The first kappa shape index (κ1) is 33.8. The first-order valence-electron chi connectivity index (χ1n) is 18.0. The maximum atomic E-state index is 13.4. The van der Waals surface area contributed by atoms with Gasteiger partial charge in [0.2, 0.25) is 0 Å². The van der Waals surface area contributed by atoms with E-state index in [0.717, 1.165) is 93.7 Å². The van der Waals surface area contributed by atoms with Crippen LogP contribution in [0.25, 0.3) is 0 Å².